The maximum atomic E-state index is 13.5. The van der Waals surface area contributed by atoms with Gasteiger partial charge in [-0.1, -0.05) is 6.92 Å². The summed E-state index contributed by atoms with van der Waals surface area (Å²) in [5.74, 6) is 0.934. The van der Waals surface area contributed by atoms with Crippen molar-refractivity contribution in [1.82, 2.24) is 19.1 Å². The molecule has 8 heteroatoms. The molecule has 1 fully saturated rings. The monoisotopic (exact) mass is 439 g/mol. The molecule has 0 atom stereocenters. The molecule has 3 aromatic rings. The number of hydrogen-bond acceptors (Lipinski definition) is 5. The van der Waals surface area contributed by atoms with Gasteiger partial charge in [-0.15, -0.1) is 0 Å². The topological polar surface area (TPSA) is 74.0 Å². The third-order valence-corrected chi connectivity index (χ3v) is 6.32. The number of hydrogen-bond donors (Lipinski definition) is 1. The maximum absolute atomic E-state index is 13.5. The Hall–Kier alpha value is -3.00. The van der Waals surface area contributed by atoms with Gasteiger partial charge in [0.1, 0.15) is 11.5 Å². The van der Waals surface area contributed by atoms with Crippen molar-refractivity contribution < 1.29 is 9.13 Å². The van der Waals surface area contributed by atoms with Crippen molar-refractivity contribution in [3.63, 3.8) is 0 Å². The lowest BCUT2D eigenvalue weighted by atomic mass is 9.87. The van der Waals surface area contributed by atoms with Gasteiger partial charge in [0.15, 0.2) is 0 Å². The number of ether oxygens (including phenoxy) is 1. The minimum absolute atomic E-state index is 0.298. The summed E-state index contributed by atoms with van der Waals surface area (Å²) in [5, 5.41) is 3.45. The number of nitrogens with zero attached hydrogens (tertiary/aromatic N) is 4. The Labute approximate surface area is 187 Å². The maximum Gasteiger partial charge on any atom is 0.335 e. The fourth-order valence-corrected chi connectivity index (χ4v) is 4.11. The zero-order valence-electron chi connectivity index (χ0n) is 19.0. The molecule has 0 bridgehead atoms. The first-order chi connectivity index (χ1) is 15.3. The van der Waals surface area contributed by atoms with Gasteiger partial charge in [-0.2, -0.15) is 0 Å². The molecule has 1 N–H and O–H groups in total. The van der Waals surface area contributed by atoms with E-state index >= 15 is 0 Å². The molecule has 0 amide bonds. The van der Waals surface area contributed by atoms with Gasteiger partial charge in [-0.3, -0.25) is 9.13 Å². The standard InChI is InChI=1S/C24H30FN5O2/c1-16-5-9-18(10-6-16)27-22-26-14-13-20(28-22)21-15-29(24(2,3)32-4)23(31)30(21)19-11-7-17(25)8-12-19/h7-8,11-16,18H,5-6,9-10H2,1-4H3,(H,26,27,28)/t16-,18-. The van der Waals surface area contributed by atoms with Gasteiger partial charge >= 0.3 is 5.69 Å². The first kappa shape index (κ1) is 22.2. The minimum atomic E-state index is -0.871. The number of halogens is 1. The third-order valence-electron chi connectivity index (χ3n) is 6.32. The van der Waals surface area contributed by atoms with Gasteiger partial charge < -0.3 is 10.1 Å². The molecule has 2 aromatic heterocycles. The van der Waals surface area contributed by atoms with Crippen molar-refractivity contribution in [2.75, 3.05) is 12.4 Å². The van der Waals surface area contributed by atoms with Crippen LogP contribution >= 0.6 is 0 Å². The largest absolute Gasteiger partial charge is 0.359 e. The molecule has 4 rings (SSSR count). The molecule has 32 heavy (non-hydrogen) atoms. The van der Waals surface area contributed by atoms with Crippen LogP contribution in [0.5, 0.6) is 0 Å². The van der Waals surface area contributed by atoms with Crippen molar-refractivity contribution in [2.24, 2.45) is 5.92 Å². The van der Waals surface area contributed by atoms with Gasteiger partial charge in [-0.25, -0.2) is 19.2 Å². The first-order valence-corrected chi connectivity index (χ1v) is 11.0. The lowest BCUT2D eigenvalue weighted by Crippen LogP contribution is -2.37. The van der Waals surface area contributed by atoms with E-state index in [1.54, 1.807) is 37.7 Å². The van der Waals surface area contributed by atoms with Gasteiger partial charge in [-0.05, 0) is 75.8 Å². The highest BCUT2D eigenvalue weighted by Crippen LogP contribution is 2.27. The highest BCUT2D eigenvalue weighted by Gasteiger charge is 2.26. The van der Waals surface area contributed by atoms with E-state index in [0.717, 1.165) is 18.8 Å². The van der Waals surface area contributed by atoms with Crippen LogP contribution in [0.1, 0.15) is 46.5 Å². The molecule has 2 heterocycles. The summed E-state index contributed by atoms with van der Waals surface area (Å²) in [5.41, 5.74) is 0.553. The van der Waals surface area contributed by atoms with Gasteiger partial charge in [0, 0.05) is 25.5 Å². The zero-order valence-corrected chi connectivity index (χ0v) is 19.0. The molecule has 7 nitrogen and oxygen atoms in total. The fraction of sp³-hybridized carbons (Fsp3) is 0.458. The van der Waals surface area contributed by atoms with Crippen LogP contribution in [0.2, 0.25) is 0 Å². The molecule has 1 saturated carbocycles. The molecule has 1 aromatic carbocycles. The van der Waals surface area contributed by atoms with Crippen LogP contribution in [-0.2, 0) is 10.5 Å². The molecule has 170 valence electrons. The molecule has 0 spiro atoms. The Balaban J connectivity index is 1.76. The summed E-state index contributed by atoms with van der Waals surface area (Å²) in [6, 6.07) is 7.94. The van der Waals surface area contributed by atoms with Crippen molar-refractivity contribution in [1.29, 1.82) is 0 Å². The third kappa shape index (κ3) is 4.46. The van der Waals surface area contributed by atoms with Crippen LogP contribution in [0.25, 0.3) is 17.1 Å². The summed E-state index contributed by atoms with van der Waals surface area (Å²) in [6.45, 7) is 5.91. The molecule has 0 saturated heterocycles. The number of rotatable bonds is 6. The minimum Gasteiger partial charge on any atom is -0.359 e. The second-order valence-corrected chi connectivity index (χ2v) is 9.00. The van der Waals surface area contributed by atoms with Crippen molar-refractivity contribution >= 4 is 5.95 Å². The molecule has 0 aliphatic heterocycles. The molecular formula is C24H30FN5O2. The first-order valence-electron chi connectivity index (χ1n) is 11.0. The highest BCUT2D eigenvalue weighted by molar-refractivity contribution is 5.59. The highest BCUT2D eigenvalue weighted by atomic mass is 19.1. The summed E-state index contributed by atoms with van der Waals surface area (Å²) in [4.78, 5) is 22.5. The van der Waals surface area contributed by atoms with Crippen molar-refractivity contribution in [3.8, 4) is 17.1 Å². The Kier molecular flexibility index (Phi) is 6.15. The van der Waals surface area contributed by atoms with Crippen molar-refractivity contribution in [3.05, 3.63) is 59.0 Å². The fourth-order valence-electron chi connectivity index (χ4n) is 4.11. The summed E-state index contributed by atoms with van der Waals surface area (Å²) >= 11 is 0. The van der Waals surface area contributed by atoms with Crippen LogP contribution in [0.3, 0.4) is 0 Å². The van der Waals surface area contributed by atoms with Gasteiger partial charge in [0.2, 0.25) is 5.95 Å². The number of aromatic nitrogens is 4. The van der Waals surface area contributed by atoms with E-state index in [2.05, 4.69) is 17.2 Å². The summed E-state index contributed by atoms with van der Waals surface area (Å²) in [7, 11) is 1.55. The number of imidazole rings is 1. The Morgan fingerprint density at radius 1 is 1.12 bits per heavy atom. The predicted octanol–water partition coefficient (Wildman–Crippen LogP) is 4.56. The second-order valence-electron chi connectivity index (χ2n) is 9.00. The van der Waals surface area contributed by atoms with Gasteiger partial charge in [0.05, 0.1) is 17.1 Å². The number of nitrogens with one attached hydrogen (secondary N) is 1. The second kappa shape index (κ2) is 8.86. The van der Waals surface area contributed by atoms with Crippen LogP contribution in [0, 0.1) is 11.7 Å². The average molecular weight is 440 g/mol. The average Bonchev–Trinajstić information content (AvgIpc) is 3.14. The van der Waals surface area contributed by atoms with E-state index in [1.165, 1.54) is 34.1 Å². The Bertz CT molecular complexity index is 1130. The number of benzene rings is 1. The van der Waals surface area contributed by atoms with Crippen molar-refractivity contribution in [2.45, 2.75) is 58.2 Å². The SMILES string of the molecule is COC(C)(C)n1cc(-c2ccnc(N[C@H]3CC[C@H](C)CC3)n2)n(-c2ccc(F)cc2)c1=O. The molecule has 0 unspecified atom stereocenters. The van der Waals surface area contributed by atoms with Crippen LogP contribution < -0.4 is 11.0 Å². The molecule has 1 aliphatic carbocycles. The molecular weight excluding hydrogens is 409 g/mol. The number of methoxy groups -OCH3 is 1. The van der Waals surface area contributed by atoms with E-state index in [4.69, 9.17) is 9.72 Å². The van der Waals surface area contributed by atoms with Crippen LogP contribution in [0.15, 0.2) is 47.5 Å². The zero-order chi connectivity index (χ0) is 22.9. The van der Waals surface area contributed by atoms with E-state index in [9.17, 15) is 9.18 Å². The lowest BCUT2D eigenvalue weighted by Gasteiger charge is -2.26. The summed E-state index contributed by atoms with van der Waals surface area (Å²) in [6.07, 6.45) is 7.98. The van der Waals surface area contributed by atoms with Crippen LogP contribution in [-0.4, -0.2) is 32.3 Å². The normalized spacial score (nSPS) is 19.2. The molecule has 0 radical (unpaired) electrons. The van der Waals surface area contributed by atoms with E-state index in [0.29, 0.717) is 29.1 Å². The smallest absolute Gasteiger partial charge is 0.335 e. The van der Waals surface area contributed by atoms with E-state index < -0.39 is 5.72 Å². The Morgan fingerprint density at radius 3 is 2.47 bits per heavy atom. The Morgan fingerprint density at radius 2 is 1.81 bits per heavy atom. The number of anilines is 1. The van der Waals surface area contributed by atoms with E-state index in [1.807, 2.05) is 13.8 Å². The van der Waals surface area contributed by atoms with Crippen LogP contribution in [0.4, 0.5) is 10.3 Å². The van der Waals surface area contributed by atoms with Gasteiger partial charge in [0.25, 0.3) is 0 Å². The molecule has 1 aliphatic rings. The predicted molar refractivity (Wildman–Crippen MR) is 122 cm³/mol. The quantitative estimate of drug-likeness (QED) is 0.609. The van der Waals surface area contributed by atoms with E-state index in [-0.39, 0.29) is 11.5 Å². The lowest BCUT2D eigenvalue weighted by molar-refractivity contribution is -0.0478. The summed E-state index contributed by atoms with van der Waals surface area (Å²) < 4.78 is 22.1.